The van der Waals surface area contributed by atoms with Crippen molar-refractivity contribution in [3.05, 3.63) is 64.1 Å². The zero-order chi connectivity index (χ0) is 18.1. The van der Waals surface area contributed by atoms with Gasteiger partial charge in [-0.3, -0.25) is 4.79 Å². The number of nitrogens with one attached hydrogen (secondary N) is 1. The average Bonchev–Trinajstić information content (AvgIpc) is 2.61. The third-order valence-corrected chi connectivity index (χ3v) is 5.26. The van der Waals surface area contributed by atoms with Crippen LogP contribution in [-0.4, -0.2) is 31.8 Å². The Bertz CT molecular complexity index is 682. The molecule has 0 fully saturated rings. The molecule has 0 radical (unpaired) electrons. The molecule has 2 rings (SSSR count). The van der Waals surface area contributed by atoms with E-state index in [1.807, 2.05) is 30.3 Å². The highest BCUT2D eigenvalue weighted by molar-refractivity contribution is 7.99. The Morgan fingerprint density at radius 2 is 1.92 bits per heavy atom. The van der Waals surface area contributed by atoms with Crippen molar-refractivity contribution < 1.29 is 4.79 Å². The molecule has 0 unspecified atom stereocenters. The standard InChI is InChI=1S/C19H22Cl2N2OS/c1-23(17-6-3-2-4-7-17)11-5-10-22-19(24)14-25-13-15-8-9-16(20)12-18(15)21/h2-4,6-9,12H,5,10-11,13-14H2,1H3,(H,22,24). The lowest BCUT2D eigenvalue weighted by atomic mass is 10.2. The summed E-state index contributed by atoms with van der Waals surface area (Å²) < 4.78 is 0. The average molecular weight is 397 g/mol. The number of thioether (sulfide) groups is 1. The van der Waals surface area contributed by atoms with Crippen LogP contribution in [-0.2, 0) is 10.5 Å². The lowest BCUT2D eigenvalue weighted by Gasteiger charge is -2.19. The van der Waals surface area contributed by atoms with E-state index in [0.717, 1.165) is 18.5 Å². The molecule has 0 bridgehead atoms. The lowest BCUT2D eigenvalue weighted by molar-refractivity contribution is -0.118. The van der Waals surface area contributed by atoms with Gasteiger partial charge in [0, 0.05) is 41.6 Å². The van der Waals surface area contributed by atoms with Crippen LogP contribution in [0.1, 0.15) is 12.0 Å². The summed E-state index contributed by atoms with van der Waals surface area (Å²) in [5.74, 6) is 1.17. The third-order valence-electron chi connectivity index (χ3n) is 3.70. The quantitative estimate of drug-likeness (QED) is 0.613. The molecule has 0 aromatic heterocycles. The van der Waals surface area contributed by atoms with Crippen molar-refractivity contribution >= 4 is 46.6 Å². The molecule has 0 atom stereocenters. The molecule has 0 spiro atoms. The highest BCUT2D eigenvalue weighted by Gasteiger charge is 2.05. The number of rotatable bonds is 9. The fourth-order valence-electron chi connectivity index (χ4n) is 2.30. The molecule has 0 aliphatic heterocycles. The second-order valence-electron chi connectivity index (χ2n) is 5.69. The van der Waals surface area contributed by atoms with Gasteiger partial charge in [-0.25, -0.2) is 0 Å². The molecule has 0 heterocycles. The predicted molar refractivity (Wildman–Crippen MR) is 110 cm³/mol. The Hall–Kier alpha value is -1.36. The van der Waals surface area contributed by atoms with Crippen LogP contribution in [0.2, 0.25) is 10.0 Å². The monoisotopic (exact) mass is 396 g/mol. The van der Waals surface area contributed by atoms with E-state index >= 15 is 0 Å². The minimum absolute atomic E-state index is 0.0532. The van der Waals surface area contributed by atoms with E-state index in [1.54, 1.807) is 17.8 Å². The summed E-state index contributed by atoms with van der Waals surface area (Å²) in [7, 11) is 2.06. The maximum Gasteiger partial charge on any atom is 0.230 e. The van der Waals surface area contributed by atoms with E-state index in [1.165, 1.54) is 5.69 Å². The smallest absolute Gasteiger partial charge is 0.230 e. The Morgan fingerprint density at radius 3 is 2.64 bits per heavy atom. The number of amides is 1. The summed E-state index contributed by atoms with van der Waals surface area (Å²) in [5, 5.41) is 4.22. The van der Waals surface area contributed by atoms with Gasteiger partial charge in [-0.15, -0.1) is 11.8 Å². The number of carbonyl (C=O) groups is 1. The van der Waals surface area contributed by atoms with Crippen molar-refractivity contribution in [1.82, 2.24) is 5.32 Å². The molecule has 0 saturated carbocycles. The topological polar surface area (TPSA) is 32.3 Å². The molecule has 2 aromatic carbocycles. The molecule has 25 heavy (non-hydrogen) atoms. The largest absolute Gasteiger partial charge is 0.375 e. The Kier molecular flexibility index (Phi) is 8.45. The first-order valence-corrected chi connectivity index (χ1v) is 10.0. The van der Waals surface area contributed by atoms with Gasteiger partial charge in [0.05, 0.1) is 5.75 Å². The summed E-state index contributed by atoms with van der Waals surface area (Å²) in [6, 6.07) is 15.7. The van der Waals surface area contributed by atoms with E-state index in [2.05, 4.69) is 29.4 Å². The van der Waals surface area contributed by atoms with Crippen LogP contribution in [0.3, 0.4) is 0 Å². The number of nitrogens with zero attached hydrogens (tertiary/aromatic N) is 1. The fraction of sp³-hybridized carbons (Fsp3) is 0.316. The van der Waals surface area contributed by atoms with Crippen LogP contribution in [0.4, 0.5) is 5.69 Å². The number of benzene rings is 2. The lowest BCUT2D eigenvalue weighted by Crippen LogP contribution is -2.29. The van der Waals surface area contributed by atoms with Gasteiger partial charge in [0.25, 0.3) is 0 Å². The van der Waals surface area contributed by atoms with Crippen molar-refractivity contribution in [1.29, 1.82) is 0 Å². The molecule has 1 N–H and O–H groups in total. The van der Waals surface area contributed by atoms with Crippen LogP contribution < -0.4 is 10.2 Å². The maximum absolute atomic E-state index is 11.9. The van der Waals surface area contributed by atoms with E-state index in [-0.39, 0.29) is 5.91 Å². The summed E-state index contributed by atoms with van der Waals surface area (Å²) in [4.78, 5) is 14.1. The number of halogens is 2. The van der Waals surface area contributed by atoms with Gasteiger partial charge in [-0.1, -0.05) is 47.5 Å². The van der Waals surface area contributed by atoms with Gasteiger partial charge in [0.2, 0.25) is 5.91 Å². The van der Waals surface area contributed by atoms with Crippen LogP contribution >= 0.6 is 35.0 Å². The second kappa shape index (κ2) is 10.6. The Morgan fingerprint density at radius 1 is 1.16 bits per heavy atom. The number of anilines is 1. The van der Waals surface area contributed by atoms with Gasteiger partial charge < -0.3 is 10.2 Å². The molecule has 0 saturated heterocycles. The van der Waals surface area contributed by atoms with Crippen LogP contribution in [0.25, 0.3) is 0 Å². The molecule has 1 amide bonds. The number of hydrogen-bond donors (Lipinski definition) is 1. The summed E-state index contributed by atoms with van der Waals surface area (Å²) >= 11 is 13.5. The van der Waals surface area contributed by atoms with Gasteiger partial charge in [-0.2, -0.15) is 0 Å². The molecular formula is C19H22Cl2N2OS. The maximum atomic E-state index is 11.9. The van der Waals surface area contributed by atoms with E-state index in [9.17, 15) is 4.79 Å². The number of para-hydroxylation sites is 1. The summed E-state index contributed by atoms with van der Waals surface area (Å²) in [6.07, 6.45) is 0.908. The zero-order valence-electron chi connectivity index (χ0n) is 14.2. The van der Waals surface area contributed by atoms with Gasteiger partial charge in [0.1, 0.15) is 0 Å². The van der Waals surface area contributed by atoms with Crippen molar-refractivity contribution in [2.45, 2.75) is 12.2 Å². The Labute approximate surface area is 163 Å². The minimum atomic E-state index is 0.0532. The van der Waals surface area contributed by atoms with Gasteiger partial charge in [-0.05, 0) is 36.2 Å². The SMILES string of the molecule is CN(CCCNC(=O)CSCc1ccc(Cl)cc1Cl)c1ccccc1. The second-order valence-corrected chi connectivity index (χ2v) is 7.52. The first-order valence-electron chi connectivity index (χ1n) is 8.11. The number of carbonyl (C=O) groups excluding carboxylic acids is 1. The highest BCUT2D eigenvalue weighted by Crippen LogP contribution is 2.24. The van der Waals surface area contributed by atoms with Crippen molar-refractivity contribution in [2.24, 2.45) is 0 Å². The minimum Gasteiger partial charge on any atom is -0.375 e. The molecule has 134 valence electrons. The van der Waals surface area contributed by atoms with E-state index in [4.69, 9.17) is 23.2 Å². The van der Waals surface area contributed by atoms with Gasteiger partial charge >= 0.3 is 0 Å². The first kappa shape index (κ1) is 20.0. The first-order chi connectivity index (χ1) is 12.1. The zero-order valence-corrected chi connectivity index (χ0v) is 16.5. The number of hydrogen-bond acceptors (Lipinski definition) is 3. The molecule has 6 heteroatoms. The third kappa shape index (κ3) is 7.18. The van der Waals surface area contributed by atoms with Crippen molar-refractivity contribution in [2.75, 3.05) is 30.8 Å². The molecule has 2 aromatic rings. The van der Waals surface area contributed by atoms with E-state index in [0.29, 0.717) is 28.1 Å². The van der Waals surface area contributed by atoms with Crippen molar-refractivity contribution in [3.63, 3.8) is 0 Å². The summed E-state index contributed by atoms with van der Waals surface area (Å²) in [5.41, 5.74) is 2.18. The molecule has 0 aliphatic rings. The molecule has 3 nitrogen and oxygen atoms in total. The van der Waals surface area contributed by atoms with Crippen LogP contribution in [0.15, 0.2) is 48.5 Å². The normalized spacial score (nSPS) is 10.5. The Balaban J connectivity index is 1.59. The molecular weight excluding hydrogens is 375 g/mol. The predicted octanol–water partition coefficient (Wildman–Crippen LogP) is 4.87. The molecule has 0 aliphatic carbocycles. The summed E-state index contributed by atoms with van der Waals surface area (Å²) in [6.45, 7) is 1.58. The fourth-order valence-corrected chi connectivity index (χ4v) is 3.71. The van der Waals surface area contributed by atoms with Crippen molar-refractivity contribution in [3.8, 4) is 0 Å². The van der Waals surface area contributed by atoms with E-state index < -0.39 is 0 Å². The van der Waals surface area contributed by atoms with Crippen LogP contribution in [0, 0.1) is 0 Å². The van der Waals surface area contributed by atoms with Crippen LogP contribution in [0.5, 0.6) is 0 Å². The van der Waals surface area contributed by atoms with Gasteiger partial charge in [0.15, 0.2) is 0 Å². The highest BCUT2D eigenvalue weighted by atomic mass is 35.5.